The van der Waals surface area contributed by atoms with E-state index >= 15 is 0 Å². The molecule has 0 saturated heterocycles. The summed E-state index contributed by atoms with van der Waals surface area (Å²) in [6, 6.07) is 0. The smallest absolute Gasteiger partial charge is 0.139 e. The highest BCUT2D eigenvalue weighted by atomic mass is 16.6. The number of hydroxylamine groups is 1. The molecule has 0 aliphatic carbocycles. The van der Waals surface area contributed by atoms with Crippen LogP contribution >= 0.6 is 0 Å². The second-order valence-electron chi connectivity index (χ2n) is 0.702. The average molecular weight is 69.1 g/mol. The maximum absolute atomic E-state index is 4.33. The lowest BCUT2D eigenvalue weighted by molar-refractivity contribution is 0.187. The summed E-state index contributed by atoms with van der Waals surface area (Å²) in [4.78, 5) is 4.33. The fraction of sp³-hybridized carbons (Fsp3) is 0.333. The molecule has 0 fully saturated rings. The largest absolute Gasteiger partial charge is 0.355 e. The SMILES string of the molecule is C1#CONC1. The highest BCUT2D eigenvalue weighted by molar-refractivity contribution is 4.96. The number of rotatable bonds is 0. The van der Waals surface area contributed by atoms with Crippen LogP contribution in [-0.2, 0) is 4.84 Å². The summed E-state index contributed by atoms with van der Waals surface area (Å²) in [6.45, 7) is 0.667. The molecule has 2 heteroatoms. The third-order valence-electron chi connectivity index (χ3n) is 0.356. The Hall–Kier alpha value is -0.680. The molecule has 0 saturated carbocycles. The first-order chi connectivity index (χ1) is 2.50. The minimum atomic E-state index is 0.667. The van der Waals surface area contributed by atoms with Crippen molar-refractivity contribution >= 4 is 0 Å². The highest BCUT2D eigenvalue weighted by Crippen LogP contribution is 1.65. The summed E-state index contributed by atoms with van der Waals surface area (Å²) in [7, 11) is 0. The lowest BCUT2D eigenvalue weighted by Gasteiger charge is -1.79. The third kappa shape index (κ3) is 0.310. The van der Waals surface area contributed by atoms with Crippen LogP contribution in [0.4, 0.5) is 0 Å². The Kier molecular flexibility index (Phi) is 0.489. The zero-order chi connectivity index (χ0) is 3.54. The van der Waals surface area contributed by atoms with E-state index in [9.17, 15) is 0 Å². The van der Waals surface area contributed by atoms with Crippen molar-refractivity contribution < 1.29 is 4.84 Å². The molecule has 1 aliphatic heterocycles. The normalized spacial score (nSPS) is 16.0. The van der Waals surface area contributed by atoms with Gasteiger partial charge in [-0.05, 0) is 5.92 Å². The van der Waals surface area contributed by atoms with Crippen molar-refractivity contribution in [2.45, 2.75) is 0 Å². The molecule has 26 valence electrons. The van der Waals surface area contributed by atoms with E-state index in [1.54, 1.807) is 0 Å². The first kappa shape index (κ1) is 2.55. The van der Waals surface area contributed by atoms with E-state index in [4.69, 9.17) is 0 Å². The lowest BCUT2D eigenvalue weighted by atomic mass is 10.7. The van der Waals surface area contributed by atoms with Crippen LogP contribution < -0.4 is 5.48 Å². The molecule has 0 radical (unpaired) electrons. The quantitative estimate of drug-likeness (QED) is 0.386. The number of hydrogen-bond donors (Lipinski definition) is 1. The summed E-state index contributed by atoms with van der Waals surface area (Å²) in [5.74, 6) is 2.64. The molecule has 0 aromatic heterocycles. The van der Waals surface area contributed by atoms with Crippen LogP contribution in [0.2, 0.25) is 0 Å². The second kappa shape index (κ2) is 0.958. The van der Waals surface area contributed by atoms with E-state index in [1.165, 1.54) is 0 Å². The Bertz CT molecular complexity index is 70.6. The molecule has 0 spiro atoms. The molecule has 0 aromatic rings. The fourth-order valence-corrected chi connectivity index (χ4v) is 0.180. The van der Waals surface area contributed by atoms with Gasteiger partial charge in [-0.3, -0.25) is 0 Å². The summed E-state index contributed by atoms with van der Waals surface area (Å²) in [6.07, 6.45) is 2.36. The first-order valence-corrected chi connectivity index (χ1v) is 1.37. The molecule has 5 heavy (non-hydrogen) atoms. The Balaban J connectivity index is 2.42. The molecule has 1 aliphatic rings. The van der Waals surface area contributed by atoms with Crippen LogP contribution in [0, 0.1) is 12.0 Å². The van der Waals surface area contributed by atoms with E-state index in [2.05, 4.69) is 22.3 Å². The monoisotopic (exact) mass is 69.0 g/mol. The van der Waals surface area contributed by atoms with E-state index < -0.39 is 0 Å². The van der Waals surface area contributed by atoms with Gasteiger partial charge >= 0.3 is 0 Å². The van der Waals surface area contributed by atoms with Gasteiger partial charge in [0.1, 0.15) is 6.11 Å². The van der Waals surface area contributed by atoms with Gasteiger partial charge in [0, 0.05) is 0 Å². The first-order valence-electron chi connectivity index (χ1n) is 1.37. The van der Waals surface area contributed by atoms with Crippen LogP contribution in [-0.4, -0.2) is 6.54 Å². The van der Waals surface area contributed by atoms with Gasteiger partial charge in [-0.25, -0.2) is 0 Å². The van der Waals surface area contributed by atoms with Gasteiger partial charge in [0.15, 0.2) is 0 Å². The molecular weight excluding hydrogens is 66.0 g/mol. The summed E-state index contributed by atoms with van der Waals surface area (Å²) < 4.78 is 0. The summed E-state index contributed by atoms with van der Waals surface area (Å²) in [5.41, 5.74) is 2.50. The Morgan fingerprint density at radius 2 is 2.80 bits per heavy atom. The summed E-state index contributed by atoms with van der Waals surface area (Å²) in [5, 5.41) is 0. The van der Waals surface area contributed by atoms with Crippen LogP contribution in [0.25, 0.3) is 0 Å². The van der Waals surface area contributed by atoms with Crippen LogP contribution in [0.1, 0.15) is 0 Å². The predicted molar refractivity (Wildman–Crippen MR) is 16.9 cm³/mol. The maximum atomic E-state index is 4.33. The van der Waals surface area contributed by atoms with Crippen molar-refractivity contribution in [3.63, 3.8) is 0 Å². The van der Waals surface area contributed by atoms with Crippen molar-refractivity contribution in [3.8, 4) is 12.0 Å². The van der Waals surface area contributed by atoms with E-state index in [0.717, 1.165) is 0 Å². The van der Waals surface area contributed by atoms with Gasteiger partial charge in [0.2, 0.25) is 0 Å². The Labute approximate surface area is 30.1 Å². The van der Waals surface area contributed by atoms with Gasteiger partial charge in [-0.1, -0.05) is 0 Å². The van der Waals surface area contributed by atoms with Crippen molar-refractivity contribution in [3.05, 3.63) is 0 Å². The minimum Gasteiger partial charge on any atom is -0.355 e. The number of nitrogens with one attached hydrogen (secondary N) is 1. The van der Waals surface area contributed by atoms with Crippen LogP contribution in [0.3, 0.4) is 0 Å². The molecule has 1 rings (SSSR count). The van der Waals surface area contributed by atoms with Gasteiger partial charge < -0.3 is 4.84 Å². The molecule has 1 N–H and O–H groups in total. The zero-order valence-corrected chi connectivity index (χ0v) is 2.62. The molecule has 1 heterocycles. The fourth-order valence-electron chi connectivity index (χ4n) is 0.180. The predicted octanol–water partition coefficient (Wildman–Crippen LogP) is -0.518. The minimum absolute atomic E-state index is 0.667. The van der Waals surface area contributed by atoms with Crippen molar-refractivity contribution in [1.29, 1.82) is 0 Å². The molecule has 2 nitrogen and oxygen atoms in total. The van der Waals surface area contributed by atoms with Crippen molar-refractivity contribution in [1.82, 2.24) is 5.48 Å². The second-order valence-corrected chi connectivity index (χ2v) is 0.702. The van der Waals surface area contributed by atoms with Crippen molar-refractivity contribution in [2.75, 3.05) is 6.54 Å². The Morgan fingerprint density at radius 1 is 1.80 bits per heavy atom. The lowest BCUT2D eigenvalue weighted by Crippen LogP contribution is -2.03. The molecular formula is C3H3NO. The van der Waals surface area contributed by atoms with E-state index in [0.29, 0.717) is 6.54 Å². The standard InChI is InChI=1S/C3H3NO/c1-2-4-5-3-1/h4H,2H2. The van der Waals surface area contributed by atoms with Crippen LogP contribution in [0.5, 0.6) is 0 Å². The van der Waals surface area contributed by atoms with Gasteiger partial charge in [0.25, 0.3) is 0 Å². The summed E-state index contributed by atoms with van der Waals surface area (Å²) >= 11 is 0. The third-order valence-corrected chi connectivity index (χ3v) is 0.356. The number of hydrogen-bond acceptors (Lipinski definition) is 2. The average Bonchev–Trinajstić information content (AvgIpc) is 1.76. The van der Waals surface area contributed by atoms with Crippen LogP contribution in [0.15, 0.2) is 0 Å². The van der Waals surface area contributed by atoms with Crippen molar-refractivity contribution in [2.24, 2.45) is 0 Å². The van der Waals surface area contributed by atoms with Gasteiger partial charge in [-0.2, -0.15) is 0 Å². The molecule has 0 unspecified atom stereocenters. The molecule has 0 atom stereocenters. The molecule has 0 aromatic carbocycles. The van der Waals surface area contributed by atoms with Gasteiger partial charge in [0.05, 0.1) is 6.54 Å². The van der Waals surface area contributed by atoms with E-state index in [1.807, 2.05) is 0 Å². The zero-order valence-electron chi connectivity index (χ0n) is 2.62. The molecule has 0 bridgehead atoms. The molecule has 0 amide bonds. The van der Waals surface area contributed by atoms with Gasteiger partial charge in [-0.15, -0.1) is 5.48 Å². The topological polar surface area (TPSA) is 21.3 Å². The Morgan fingerprint density at radius 3 is 3.00 bits per heavy atom. The highest BCUT2D eigenvalue weighted by Gasteiger charge is 1.80. The maximum Gasteiger partial charge on any atom is 0.139 e. The van der Waals surface area contributed by atoms with E-state index in [-0.39, 0.29) is 0 Å².